The molecule has 0 aromatic heterocycles. The summed E-state index contributed by atoms with van der Waals surface area (Å²) in [6.07, 6.45) is 1.52. The molecule has 0 spiro atoms. The standard InChI is InChI=1S/C13H17NO4/c1-16-11-6-2-5-10(14)12(11)13(15)18-9-4-3-7-17-8-9/h2,5-6,9H,3-4,7-8,14H2,1H3. The number of ether oxygens (including phenoxy) is 3. The van der Waals surface area contributed by atoms with Crippen molar-refractivity contribution in [3.05, 3.63) is 23.8 Å². The number of methoxy groups -OCH3 is 1. The first-order valence-electron chi connectivity index (χ1n) is 5.93. The average Bonchev–Trinajstić information content (AvgIpc) is 2.39. The van der Waals surface area contributed by atoms with Crippen molar-refractivity contribution in [2.45, 2.75) is 18.9 Å². The van der Waals surface area contributed by atoms with Crippen LogP contribution in [0.5, 0.6) is 5.75 Å². The summed E-state index contributed by atoms with van der Waals surface area (Å²) in [5, 5.41) is 0. The SMILES string of the molecule is COc1cccc(N)c1C(=O)OC1CCCOC1. The second-order valence-electron chi connectivity index (χ2n) is 4.17. The zero-order valence-electron chi connectivity index (χ0n) is 10.3. The van der Waals surface area contributed by atoms with Gasteiger partial charge in [0.1, 0.15) is 17.4 Å². The Morgan fingerprint density at radius 2 is 2.33 bits per heavy atom. The molecule has 0 bridgehead atoms. The molecular formula is C13H17NO4. The maximum Gasteiger partial charge on any atom is 0.344 e. The van der Waals surface area contributed by atoms with Gasteiger partial charge >= 0.3 is 5.97 Å². The molecule has 2 rings (SSSR count). The molecule has 1 aromatic rings. The van der Waals surface area contributed by atoms with Crippen molar-refractivity contribution < 1.29 is 19.0 Å². The van der Waals surface area contributed by atoms with Crippen LogP contribution in [0.15, 0.2) is 18.2 Å². The maximum atomic E-state index is 12.1. The molecule has 2 N–H and O–H groups in total. The van der Waals surface area contributed by atoms with Crippen LogP contribution in [0.2, 0.25) is 0 Å². The van der Waals surface area contributed by atoms with Gasteiger partial charge in [-0.1, -0.05) is 6.07 Å². The summed E-state index contributed by atoms with van der Waals surface area (Å²) < 4.78 is 15.8. The fraction of sp³-hybridized carbons (Fsp3) is 0.462. The fourth-order valence-electron chi connectivity index (χ4n) is 1.95. The molecule has 1 aliphatic heterocycles. The normalized spacial score (nSPS) is 19.3. The first-order chi connectivity index (χ1) is 8.72. The van der Waals surface area contributed by atoms with Crippen LogP contribution in [-0.2, 0) is 9.47 Å². The van der Waals surface area contributed by atoms with Gasteiger partial charge in [-0.15, -0.1) is 0 Å². The van der Waals surface area contributed by atoms with E-state index in [1.54, 1.807) is 18.2 Å². The molecule has 1 unspecified atom stereocenters. The smallest absolute Gasteiger partial charge is 0.344 e. The lowest BCUT2D eigenvalue weighted by molar-refractivity contribution is -0.0306. The van der Waals surface area contributed by atoms with E-state index in [4.69, 9.17) is 19.9 Å². The zero-order valence-corrected chi connectivity index (χ0v) is 10.3. The minimum Gasteiger partial charge on any atom is -0.496 e. The molecule has 1 saturated heterocycles. The van der Waals surface area contributed by atoms with Gasteiger partial charge < -0.3 is 19.9 Å². The number of anilines is 1. The Bertz CT molecular complexity index is 427. The van der Waals surface area contributed by atoms with Crippen LogP contribution in [0, 0.1) is 0 Å². The Labute approximate surface area is 106 Å². The van der Waals surface area contributed by atoms with Gasteiger partial charge in [0.2, 0.25) is 0 Å². The van der Waals surface area contributed by atoms with E-state index in [1.165, 1.54) is 7.11 Å². The molecule has 0 amide bonds. The van der Waals surface area contributed by atoms with Gasteiger partial charge in [0, 0.05) is 12.3 Å². The molecule has 5 nitrogen and oxygen atoms in total. The molecule has 0 saturated carbocycles. The lowest BCUT2D eigenvalue weighted by Gasteiger charge is -2.22. The lowest BCUT2D eigenvalue weighted by Crippen LogP contribution is -2.28. The van der Waals surface area contributed by atoms with Crippen LogP contribution in [0.1, 0.15) is 23.2 Å². The monoisotopic (exact) mass is 251 g/mol. The number of hydrogen-bond donors (Lipinski definition) is 1. The van der Waals surface area contributed by atoms with Crippen LogP contribution in [0.25, 0.3) is 0 Å². The summed E-state index contributed by atoms with van der Waals surface area (Å²) in [4.78, 5) is 12.1. The van der Waals surface area contributed by atoms with Crippen molar-refractivity contribution in [3.63, 3.8) is 0 Å². The maximum absolute atomic E-state index is 12.1. The van der Waals surface area contributed by atoms with Crippen LogP contribution in [0.4, 0.5) is 5.69 Å². The van der Waals surface area contributed by atoms with E-state index in [2.05, 4.69) is 0 Å². The Morgan fingerprint density at radius 1 is 1.50 bits per heavy atom. The summed E-state index contributed by atoms with van der Waals surface area (Å²) in [5.74, 6) is -0.0304. The number of nitrogen functional groups attached to an aromatic ring is 1. The second kappa shape index (κ2) is 5.73. The van der Waals surface area contributed by atoms with E-state index in [1.807, 2.05) is 0 Å². The Morgan fingerprint density at radius 3 is 3.00 bits per heavy atom. The summed E-state index contributed by atoms with van der Waals surface area (Å²) in [5.41, 5.74) is 6.43. The van der Waals surface area contributed by atoms with Gasteiger partial charge in [0.25, 0.3) is 0 Å². The number of esters is 1. The van der Waals surface area contributed by atoms with Crippen molar-refractivity contribution in [2.75, 3.05) is 26.1 Å². The number of nitrogens with two attached hydrogens (primary N) is 1. The molecule has 0 aliphatic carbocycles. The number of carbonyl (C=O) groups excluding carboxylic acids is 1. The Hall–Kier alpha value is -1.75. The van der Waals surface area contributed by atoms with Gasteiger partial charge in [-0.05, 0) is 25.0 Å². The molecule has 1 fully saturated rings. The number of benzene rings is 1. The van der Waals surface area contributed by atoms with Crippen molar-refractivity contribution >= 4 is 11.7 Å². The molecule has 18 heavy (non-hydrogen) atoms. The predicted molar refractivity (Wildman–Crippen MR) is 66.7 cm³/mol. The fourth-order valence-corrected chi connectivity index (χ4v) is 1.95. The third-order valence-corrected chi connectivity index (χ3v) is 2.87. The van der Waals surface area contributed by atoms with Crippen LogP contribution >= 0.6 is 0 Å². The van der Waals surface area contributed by atoms with E-state index in [0.29, 0.717) is 18.0 Å². The van der Waals surface area contributed by atoms with Crippen LogP contribution < -0.4 is 10.5 Å². The first-order valence-corrected chi connectivity index (χ1v) is 5.93. The average molecular weight is 251 g/mol. The molecule has 0 radical (unpaired) electrons. The van der Waals surface area contributed by atoms with E-state index in [-0.39, 0.29) is 11.7 Å². The van der Waals surface area contributed by atoms with E-state index < -0.39 is 5.97 Å². The minimum atomic E-state index is -0.458. The highest BCUT2D eigenvalue weighted by molar-refractivity contribution is 5.98. The molecule has 5 heteroatoms. The highest BCUT2D eigenvalue weighted by Crippen LogP contribution is 2.26. The van der Waals surface area contributed by atoms with Gasteiger partial charge in [-0.2, -0.15) is 0 Å². The molecule has 1 aromatic carbocycles. The molecule has 1 aliphatic rings. The lowest BCUT2D eigenvalue weighted by atomic mass is 10.1. The summed E-state index contributed by atoms with van der Waals surface area (Å²) in [6.45, 7) is 1.17. The molecule has 98 valence electrons. The van der Waals surface area contributed by atoms with Crippen molar-refractivity contribution in [1.29, 1.82) is 0 Å². The third-order valence-electron chi connectivity index (χ3n) is 2.87. The van der Waals surface area contributed by atoms with Gasteiger partial charge in [-0.25, -0.2) is 4.79 Å². The minimum absolute atomic E-state index is 0.199. The summed E-state index contributed by atoms with van der Waals surface area (Å²) >= 11 is 0. The molecule has 1 heterocycles. The highest BCUT2D eigenvalue weighted by Gasteiger charge is 2.23. The quantitative estimate of drug-likeness (QED) is 0.653. The van der Waals surface area contributed by atoms with E-state index in [9.17, 15) is 4.79 Å². The van der Waals surface area contributed by atoms with Crippen molar-refractivity contribution in [1.82, 2.24) is 0 Å². The second-order valence-corrected chi connectivity index (χ2v) is 4.17. The Balaban J connectivity index is 2.12. The van der Waals surface area contributed by atoms with Crippen molar-refractivity contribution in [2.24, 2.45) is 0 Å². The largest absolute Gasteiger partial charge is 0.496 e. The van der Waals surface area contributed by atoms with E-state index >= 15 is 0 Å². The predicted octanol–water partition coefficient (Wildman–Crippen LogP) is 1.61. The van der Waals surface area contributed by atoms with Gasteiger partial charge in [0.05, 0.1) is 13.7 Å². The third kappa shape index (κ3) is 2.73. The van der Waals surface area contributed by atoms with Crippen molar-refractivity contribution in [3.8, 4) is 5.75 Å². The number of carbonyl (C=O) groups is 1. The Kier molecular flexibility index (Phi) is 4.04. The van der Waals surface area contributed by atoms with E-state index in [0.717, 1.165) is 19.4 Å². The zero-order chi connectivity index (χ0) is 13.0. The van der Waals surface area contributed by atoms with Gasteiger partial charge in [0.15, 0.2) is 0 Å². The first kappa shape index (κ1) is 12.7. The highest BCUT2D eigenvalue weighted by atomic mass is 16.6. The molecular weight excluding hydrogens is 234 g/mol. The summed E-state index contributed by atoms with van der Waals surface area (Å²) in [7, 11) is 1.50. The van der Waals surface area contributed by atoms with Gasteiger partial charge in [-0.3, -0.25) is 0 Å². The summed E-state index contributed by atoms with van der Waals surface area (Å²) in [6, 6.07) is 5.06. The van der Waals surface area contributed by atoms with Crippen LogP contribution in [-0.4, -0.2) is 32.4 Å². The number of rotatable bonds is 3. The van der Waals surface area contributed by atoms with Crippen LogP contribution in [0.3, 0.4) is 0 Å². The number of hydrogen-bond acceptors (Lipinski definition) is 5. The topological polar surface area (TPSA) is 70.8 Å². The molecule has 1 atom stereocenters.